The molecule has 0 unspecified atom stereocenters. The lowest BCUT2D eigenvalue weighted by Crippen LogP contribution is -2.27. The molecule has 2 aromatic carbocycles. The van der Waals surface area contributed by atoms with Crippen molar-refractivity contribution in [2.75, 3.05) is 0 Å². The van der Waals surface area contributed by atoms with Gasteiger partial charge in [0.2, 0.25) is 6.17 Å². The SMILES string of the molecule is N#Cc1cc(Cl)cc(Oc2ccc3c(c2C(F)F)[S@+]([O-])C(F)(F)[C@H]3F)c1. The van der Waals surface area contributed by atoms with Crippen molar-refractivity contribution in [2.24, 2.45) is 0 Å². The number of benzene rings is 2. The predicted molar refractivity (Wildman–Crippen MR) is 82.8 cm³/mol. The fourth-order valence-corrected chi connectivity index (χ4v) is 4.11. The molecule has 0 amide bonds. The fraction of sp³-hybridized carbons (Fsp3) is 0.188. The van der Waals surface area contributed by atoms with E-state index in [0.717, 1.165) is 12.1 Å². The number of nitrogens with zero attached hydrogens (tertiary/aromatic N) is 1. The molecule has 26 heavy (non-hydrogen) atoms. The Morgan fingerprint density at radius 3 is 2.58 bits per heavy atom. The highest BCUT2D eigenvalue weighted by Crippen LogP contribution is 2.55. The molecule has 0 saturated heterocycles. The number of hydrogen-bond acceptors (Lipinski definition) is 3. The lowest BCUT2D eigenvalue weighted by molar-refractivity contribution is 0.0102. The summed E-state index contributed by atoms with van der Waals surface area (Å²) in [4.78, 5) is -0.975. The summed E-state index contributed by atoms with van der Waals surface area (Å²) in [6.07, 6.45) is -6.30. The standard InChI is InChI=1S/C16H7ClF5NO2S/c17-8-3-7(6-23)4-9(5-8)25-11-2-1-10-13(12(11)15(19)20)26(24)16(21,22)14(10)18/h1-5,14-15H/t14-,26-/m0/s1. The van der Waals surface area contributed by atoms with Crippen LogP contribution in [0, 0.1) is 11.3 Å². The fourth-order valence-electron chi connectivity index (χ4n) is 2.52. The van der Waals surface area contributed by atoms with Gasteiger partial charge in [0.05, 0.1) is 28.4 Å². The van der Waals surface area contributed by atoms with Gasteiger partial charge in [-0.1, -0.05) is 11.6 Å². The predicted octanol–water partition coefficient (Wildman–Crippen LogP) is 5.67. The van der Waals surface area contributed by atoms with Crippen LogP contribution in [-0.4, -0.2) is 9.81 Å². The van der Waals surface area contributed by atoms with Crippen LogP contribution >= 0.6 is 11.6 Å². The average Bonchev–Trinajstić information content (AvgIpc) is 2.74. The van der Waals surface area contributed by atoms with Crippen LogP contribution in [0.15, 0.2) is 35.2 Å². The molecule has 1 heterocycles. The maximum Gasteiger partial charge on any atom is 0.447 e. The zero-order valence-electron chi connectivity index (χ0n) is 12.5. The van der Waals surface area contributed by atoms with Gasteiger partial charge >= 0.3 is 5.25 Å². The van der Waals surface area contributed by atoms with Crippen molar-refractivity contribution in [2.45, 2.75) is 22.7 Å². The molecule has 3 nitrogen and oxygen atoms in total. The molecule has 0 aliphatic carbocycles. The van der Waals surface area contributed by atoms with Crippen molar-refractivity contribution in [3.63, 3.8) is 0 Å². The normalized spacial score (nSPS) is 20.7. The smallest absolute Gasteiger partial charge is 0.447 e. The third kappa shape index (κ3) is 2.98. The lowest BCUT2D eigenvalue weighted by Gasteiger charge is -2.16. The molecule has 0 radical (unpaired) electrons. The van der Waals surface area contributed by atoms with Crippen molar-refractivity contribution < 1.29 is 31.2 Å². The van der Waals surface area contributed by atoms with Gasteiger partial charge in [-0.2, -0.15) is 14.0 Å². The van der Waals surface area contributed by atoms with Crippen LogP contribution in [0.1, 0.15) is 29.3 Å². The van der Waals surface area contributed by atoms with Gasteiger partial charge in [0, 0.05) is 5.02 Å². The third-order valence-corrected chi connectivity index (χ3v) is 5.38. The second-order valence-corrected chi connectivity index (χ2v) is 7.21. The Morgan fingerprint density at radius 1 is 1.27 bits per heavy atom. The molecular formula is C16H7ClF5NO2S. The zero-order valence-corrected chi connectivity index (χ0v) is 14.1. The van der Waals surface area contributed by atoms with Crippen molar-refractivity contribution in [1.82, 2.24) is 0 Å². The summed E-state index contributed by atoms with van der Waals surface area (Å²) >= 11 is 2.50. The summed E-state index contributed by atoms with van der Waals surface area (Å²) in [6.45, 7) is 0. The van der Waals surface area contributed by atoms with E-state index in [2.05, 4.69) is 0 Å². The van der Waals surface area contributed by atoms with Gasteiger partial charge in [-0.25, -0.2) is 13.2 Å². The minimum atomic E-state index is -4.31. The first-order valence-corrected chi connectivity index (χ1v) is 8.46. The largest absolute Gasteiger partial charge is 0.607 e. The van der Waals surface area contributed by atoms with E-state index in [0.29, 0.717) is 0 Å². The van der Waals surface area contributed by atoms with E-state index in [9.17, 15) is 26.5 Å². The first kappa shape index (κ1) is 18.8. The number of hydrogen-bond donors (Lipinski definition) is 0. The monoisotopic (exact) mass is 407 g/mol. The van der Waals surface area contributed by atoms with Crippen LogP contribution in [0.2, 0.25) is 5.02 Å². The Bertz CT molecular complexity index is 918. The lowest BCUT2D eigenvalue weighted by atomic mass is 10.1. The molecular weight excluding hydrogens is 401 g/mol. The van der Waals surface area contributed by atoms with Crippen molar-refractivity contribution >= 4 is 22.8 Å². The average molecular weight is 408 g/mol. The Hall–Kier alpha value is -2.02. The van der Waals surface area contributed by atoms with Gasteiger partial charge in [0.25, 0.3) is 6.43 Å². The van der Waals surface area contributed by atoms with E-state index < -0.39 is 50.8 Å². The van der Waals surface area contributed by atoms with Crippen molar-refractivity contribution in [3.05, 3.63) is 52.0 Å². The van der Waals surface area contributed by atoms with Gasteiger partial charge < -0.3 is 9.29 Å². The summed E-state index contributed by atoms with van der Waals surface area (Å²) in [6, 6.07) is 7.21. The number of halogens is 6. The van der Waals surface area contributed by atoms with Crippen LogP contribution < -0.4 is 4.74 Å². The highest BCUT2D eigenvalue weighted by molar-refractivity contribution is 7.93. The molecule has 0 bridgehead atoms. The summed E-state index contributed by atoms with van der Waals surface area (Å²) < 4.78 is 85.3. The molecule has 1 aliphatic rings. The molecule has 3 rings (SSSR count). The van der Waals surface area contributed by atoms with E-state index in [1.807, 2.05) is 0 Å². The van der Waals surface area contributed by atoms with Gasteiger partial charge in [0.15, 0.2) is 4.90 Å². The number of nitriles is 1. The Morgan fingerprint density at radius 2 is 1.96 bits per heavy atom. The molecule has 136 valence electrons. The highest BCUT2D eigenvalue weighted by atomic mass is 35.5. The Labute approximate surface area is 152 Å². The van der Waals surface area contributed by atoms with Crippen LogP contribution in [0.5, 0.6) is 11.5 Å². The molecule has 0 saturated carbocycles. The molecule has 1 aliphatic heterocycles. The van der Waals surface area contributed by atoms with Crippen LogP contribution in [-0.2, 0) is 11.2 Å². The number of ether oxygens (including phenoxy) is 1. The summed E-state index contributed by atoms with van der Waals surface area (Å²) in [5.41, 5.74) is -1.77. The van der Waals surface area contributed by atoms with Crippen molar-refractivity contribution in [1.29, 1.82) is 5.26 Å². The van der Waals surface area contributed by atoms with Gasteiger partial charge in [-0.05, 0) is 30.3 Å². The van der Waals surface area contributed by atoms with Crippen molar-refractivity contribution in [3.8, 4) is 17.6 Å². The second kappa shape index (κ2) is 6.61. The second-order valence-electron chi connectivity index (χ2n) is 5.28. The first-order valence-electron chi connectivity index (χ1n) is 6.94. The maximum atomic E-state index is 13.8. The number of fused-ring (bicyclic) bond motifs is 1. The van der Waals surface area contributed by atoms with E-state index in [1.165, 1.54) is 18.2 Å². The van der Waals surface area contributed by atoms with E-state index in [1.54, 1.807) is 6.07 Å². The third-order valence-electron chi connectivity index (χ3n) is 3.63. The van der Waals surface area contributed by atoms with Crippen LogP contribution in [0.4, 0.5) is 22.0 Å². The molecule has 0 spiro atoms. The van der Waals surface area contributed by atoms with Gasteiger partial charge in [-0.3, -0.25) is 0 Å². The Balaban J connectivity index is 2.13. The minimum absolute atomic E-state index is 0.0752. The topological polar surface area (TPSA) is 56.1 Å². The van der Waals surface area contributed by atoms with Gasteiger partial charge in [-0.15, -0.1) is 0 Å². The summed E-state index contributed by atoms with van der Waals surface area (Å²) in [5, 5.41) is 4.66. The van der Waals surface area contributed by atoms with E-state index in [4.69, 9.17) is 21.6 Å². The Kier molecular flexibility index (Phi) is 4.77. The van der Waals surface area contributed by atoms with Crippen LogP contribution in [0.25, 0.3) is 0 Å². The molecule has 0 aromatic heterocycles. The zero-order chi connectivity index (χ0) is 19.2. The number of alkyl halides is 5. The van der Waals surface area contributed by atoms with Gasteiger partial charge in [0.1, 0.15) is 17.1 Å². The molecule has 0 fully saturated rings. The van der Waals surface area contributed by atoms with E-state index in [-0.39, 0.29) is 16.3 Å². The quantitative estimate of drug-likeness (QED) is 0.487. The minimum Gasteiger partial charge on any atom is -0.607 e. The van der Waals surface area contributed by atoms with E-state index >= 15 is 0 Å². The molecule has 0 N–H and O–H groups in total. The summed E-state index contributed by atoms with van der Waals surface area (Å²) in [7, 11) is 0. The molecule has 2 aromatic rings. The number of rotatable bonds is 3. The van der Waals surface area contributed by atoms with Crippen LogP contribution in [0.3, 0.4) is 0 Å². The molecule has 10 heteroatoms. The highest BCUT2D eigenvalue weighted by Gasteiger charge is 2.63. The first-order chi connectivity index (χ1) is 12.2. The maximum absolute atomic E-state index is 13.8. The summed E-state index contributed by atoms with van der Waals surface area (Å²) in [5.74, 6) is -0.689. The molecule has 2 atom stereocenters.